The van der Waals surface area contributed by atoms with E-state index in [9.17, 15) is 0 Å². The molecule has 2 rings (SSSR count). The van der Waals surface area contributed by atoms with Gasteiger partial charge in [-0.3, -0.25) is 0 Å². The summed E-state index contributed by atoms with van der Waals surface area (Å²) in [6, 6.07) is 5.25. The molecule has 2 heterocycles. The fourth-order valence-corrected chi connectivity index (χ4v) is 0.846. The van der Waals surface area contributed by atoms with E-state index in [1.807, 2.05) is 0 Å². The maximum Gasteiger partial charge on any atom is 0.223 e. The third kappa shape index (κ3) is 1.09. The second-order valence-corrected chi connectivity index (χ2v) is 2.18. The molecule has 0 aliphatic heterocycles. The van der Waals surface area contributed by atoms with Crippen LogP contribution >= 0.6 is 0 Å². The molecule has 0 unspecified atom stereocenters. The number of nitrogens with one attached hydrogen (secondary N) is 1. The van der Waals surface area contributed by atoms with Crippen molar-refractivity contribution in [1.29, 1.82) is 0 Å². The fraction of sp³-hybridized carbons (Fsp3) is 0. The van der Waals surface area contributed by atoms with E-state index in [0.717, 1.165) is 0 Å². The molecule has 3 N–H and O–H groups in total. The van der Waals surface area contributed by atoms with Crippen molar-refractivity contribution in [2.75, 3.05) is 5.73 Å². The molecule has 0 spiro atoms. The van der Waals surface area contributed by atoms with Crippen LogP contribution in [0.2, 0.25) is 0 Å². The van der Waals surface area contributed by atoms with Crippen molar-refractivity contribution in [2.45, 2.75) is 0 Å². The Bertz CT molecular complexity index is 367. The Kier molecular flexibility index (Phi) is 1.44. The maximum atomic E-state index is 5.47. The van der Waals surface area contributed by atoms with Gasteiger partial charge in [0.1, 0.15) is 11.5 Å². The Morgan fingerprint density at radius 2 is 2.25 bits per heavy atom. The van der Waals surface area contributed by atoms with Crippen LogP contribution in [0.4, 0.5) is 5.82 Å². The first-order valence-corrected chi connectivity index (χ1v) is 3.32. The van der Waals surface area contributed by atoms with Crippen LogP contribution in [0.3, 0.4) is 0 Å². The molecule has 0 aromatic carbocycles. The molecule has 0 radical (unpaired) electrons. The molecule has 0 bridgehead atoms. The van der Waals surface area contributed by atoms with Gasteiger partial charge in [-0.05, 0) is 17.3 Å². The van der Waals surface area contributed by atoms with Gasteiger partial charge in [-0.25, -0.2) is 4.98 Å². The van der Waals surface area contributed by atoms with Crippen molar-refractivity contribution in [3.8, 4) is 11.5 Å². The van der Waals surface area contributed by atoms with Gasteiger partial charge in [0.2, 0.25) is 5.82 Å². The van der Waals surface area contributed by atoms with E-state index < -0.39 is 0 Å². The van der Waals surface area contributed by atoms with E-state index in [2.05, 4.69) is 25.6 Å². The van der Waals surface area contributed by atoms with Gasteiger partial charge in [0.15, 0.2) is 0 Å². The number of pyridine rings is 1. The number of nitrogens with zero attached hydrogens (tertiary/aromatic N) is 4. The van der Waals surface area contributed by atoms with Crippen molar-refractivity contribution in [3.63, 3.8) is 0 Å². The monoisotopic (exact) mass is 162 g/mol. The zero-order valence-corrected chi connectivity index (χ0v) is 6.10. The third-order valence-electron chi connectivity index (χ3n) is 1.35. The number of aromatic amines is 1. The van der Waals surface area contributed by atoms with E-state index in [1.54, 1.807) is 18.2 Å². The van der Waals surface area contributed by atoms with Gasteiger partial charge < -0.3 is 5.73 Å². The molecule has 60 valence electrons. The second-order valence-electron chi connectivity index (χ2n) is 2.18. The molecule has 6 heteroatoms. The molecule has 0 saturated carbocycles. The van der Waals surface area contributed by atoms with Gasteiger partial charge in [-0.1, -0.05) is 6.07 Å². The Hall–Kier alpha value is -1.98. The van der Waals surface area contributed by atoms with Gasteiger partial charge in [0.05, 0.1) is 0 Å². The molecule has 2 aromatic heterocycles. The lowest BCUT2D eigenvalue weighted by Crippen LogP contribution is -1.92. The van der Waals surface area contributed by atoms with E-state index >= 15 is 0 Å². The SMILES string of the molecule is Nc1cccc(-c2nn[nH]n2)n1. The molecule has 2 aromatic rings. The molecule has 0 atom stereocenters. The number of nitrogens with two attached hydrogens (primary N) is 1. The number of rotatable bonds is 1. The van der Waals surface area contributed by atoms with Crippen LogP contribution in [0.5, 0.6) is 0 Å². The number of H-pyrrole nitrogens is 1. The molecule has 0 aliphatic carbocycles. The largest absolute Gasteiger partial charge is 0.384 e. The number of tetrazole rings is 1. The van der Waals surface area contributed by atoms with Crippen LogP contribution in [-0.4, -0.2) is 25.6 Å². The average Bonchev–Trinajstić information content (AvgIpc) is 2.56. The zero-order chi connectivity index (χ0) is 8.39. The minimum Gasteiger partial charge on any atom is -0.384 e. The fourth-order valence-electron chi connectivity index (χ4n) is 0.846. The van der Waals surface area contributed by atoms with Crippen molar-refractivity contribution < 1.29 is 0 Å². The molecule has 0 amide bonds. The van der Waals surface area contributed by atoms with Crippen LogP contribution < -0.4 is 5.73 Å². The van der Waals surface area contributed by atoms with Crippen molar-refractivity contribution in [3.05, 3.63) is 18.2 Å². The van der Waals surface area contributed by atoms with E-state index in [-0.39, 0.29) is 0 Å². The minimum atomic E-state index is 0.442. The highest BCUT2D eigenvalue weighted by Crippen LogP contribution is 2.10. The summed E-state index contributed by atoms with van der Waals surface area (Å²) >= 11 is 0. The van der Waals surface area contributed by atoms with E-state index in [0.29, 0.717) is 17.3 Å². The first-order chi connectivity index (χ1) is 5.86. The highest BCUT2D eigenvalue weighted by Gasteiger charge is 2.02. The van der Waals surface area contributed by atoms with Crippen molar-refractivity contribution in [1.82, 2.24) is 25.6 Å². The second kappa shape index (κ2) is 2.57. The summed E-state index contributed by atoms with van der Waals surface area (Å²) in [5, 5.41) is 13.3. The van der Waals surface area contributed by atoms with E-state index in [1.165, 1.54) is 0 Å². The topological polar surface area (TPSA) is 93.4 Å². The lowest BCUT2D eigenvalue weighted by molar-refractivity contribution is 0.881. The summed E-state index contributed by atoms with van der Waals surface area (Å²) in [5.74, 6) is 0.889. The van der Waals surface area contributed by atoms with Gasteiger partial charge in [-0.15, -0.1) is 10.2 Å². The number of hydrogen-bond acceptors (Lipinski definition) is 5. The molecule has 0 aliphatic rings. The summed E-state index contributed by atoms with van der Waals surface area (Å²) in [6.45, 7) is 0. The van der Waals surface area contributed by atoms with Crippen LogP contribution in [0.25, 0.3) is 11.5 Å². The standard InChI is InChI=1S/C6H6N6/c7-5-3-1-2-4(8-5)6-9-11-12-10-6/h1-3H,(H2,7,8)(H,9,10,11,12). The number of hydrogen-bond donors (Lipinski definition) is 2. The molecule has 0 saturated heterocycles. The normalized spacial score (nSPS) is 10.0. The predicted molar refractivity (Wildman–Crippen MR) is 41.8 cm³/mol. The number of aromatic nitrogens is 5. The summed E-state index contributed by atoms with van der Waals surface area (Å²) in [5.41, 5.74) is 6.08. The molecular weight excluding hydrogens is 156 g/mol. The molecule has 6 nitrogen and oxygen atoms in total. The van der Waals surface area contributed by atoms with Crippen LogP contribution in [-0.2, 0) is 0 Å². The van der Waals surface area contributed by atoms with Crippen LogP contribution in [0.15, 0.2) is 18.2 Å². The highest BCUT2D eigenvalue weighted by molar-refractivity contribution is 5.50. The van der Waals surface area contributed by atoms with Crippen LogP contribution in [0, 0.1) is 0 Å². The zero-order valence-electron chi connectivity index (χ0n) is 6.10. The van der Waals surface area contributed by atoms with Gasteiger partial charge in [0.25, 0.3) is 0 Å². The Morgan fingerprint density at radius 3 is 2.92 bits per heavy atom. The predicted octanol–water partition coefficient (Wildman–Crippen LogP) is -0.156. The molecular formula is C6H6N6. The first-order valence-electron chi connectivity index (χ1n) is 3.32. The van der Waals surface area contributed by atoms with Crippen LogP contribution in [0.1, 0.15) is 0 Å². The van der Waals surface area contributed by atoms with Gasteiger partial charge >= 0.3 is 0 Å². The Balaban J connectivity index is 2.48. The maximum absolute atomic E-state index is 5.47. The van der Waals surface area contributed by atoms with Crippen molar-refractivity contribution >= 4 is 5.82 Å². The number of nitrogen functional groups attached to an aromatic ring is 1. The van der Waals surface area contributed by atoms with Gasteiger partial charge in [-0.2, -0.15) is 5.21 Å². The lowest BCUT2D eigenvalue weighted by Gasteiger charge is -1.93. The smallest absolute Gasteiger partial charge is 0.223 e. The number of anilines is 1. The Morgan fingerprint density at radius 1 is 1.33 bits per heavy atom. The summed E-state index contributed by atoms with van der Waals surface area (Å²) < 4.78 is 0. The first kappa shape index (κ1) is 6.71. The molecule has 12 heavy (non-hydrogen) atoms. The quantitative estimate of drug-likeness (QED) is 0.607. The highest BCUT2D eigenvalue weighted by atomic mass is 15.5. The summed E-state index contributed by atoms with van der Waals surface area (Å²) in [7, 11) is 0. The van der Waals surface area contributed by atoms with E-state index in [4.69, 9.17) is 5.73 Å². The Labute approximate surface area is 67.8 Å². The third-order valence-corrected chi connectivity index (χ3v) is 1.35. The summed E-state index contributed by atoms with van der Waals surface area (Å²) in [4.78, 5) is 4.01. The summed E-state index contributed by atoms with van der Waals surface area (Å²) in [6.07, 6.45) is 0. The van der Waals surface area contributed by atoms with Crippen molar-refractivity contribution in [2.24, 2.45) is 0 Å². The lowest BCUT2D eigenvalue weighted by atomic mass is 10.3. The molecule has 0 fully saturated rings. The average molecular weight is 162 g/mol. The van der Waals surface area contributed by atoms with Gasteiger partial charge in [0, 0.05) is 0 Å². The minimum absolute atomic E-state index is 0.442.